The fourth-order valence-corrected chi connectivity index (χ4v) is 2.06. The molecule has 1 unspecified atom stereocenters. The van der Waals surface area contributed by atoms with Crippen molar-refractivity contribution in [1.82, 2.24) is 4.90 Å². The molecule has 0 N–H and O–H groups in total. The van der Waals surface area contributed by atoms with Crippen LogP contribution in [-0.4, -0.2) is 59.1 Å². The minimum Gasteiger partial charge on any atom is -0.444 e. The van der Waals surface area contributed by atoms with Gasteiger partial charge in [-0.1, -0.05) is 15.9 Å². The van der Waals surface area contributed by atoms with Crippen molar-refractivity contribution >= 4 is 22.0 Å². The Morgan fingerprint density at radius 3 is 1.76 bits per heavy atom. The zero-order valence-corrected chi connectivity index (χ0v) is 16.1. The molecular formula is C14H22BrF6NO3. The third-order valence-corrected chi connectivity index (χ3v) is 4.02. The number of hydrogen-bond donors (Lipinski definition) is 0. The number of alkyl halides is 7. The Bertz CT molecular complexity index is 435. The second-order valence-electron chi connectivity index (χ2n) is 6.66. The molecule has 0 aromatic carbocycles. The van der Waals surface area contributed by atoms with Crippen LogP contribution >= 0.6 is 15.9 Å². The summed E-state index contributed by atoms with van der Waals surface area (Å²) in [6.07, 6.45) is -16.1. The molecule has 0 saturated carbocycles. The Kier molecular flexibility index (Phi) is 8.09. The lowest BCUT2D eigenvalue weighted by Crippen LogP contribution is -2.55. The molecule has 0 aliphatic carbocycles. The Hall–Kier alpha value is -0.710. The van der Waals surface area contributed by atoms with Gasteiger partial charge in [0.1, 0.15) is 5.60 Å². The highest BCUT2D eigenvalue weighted by Crippen LogP contribution is 2.38. The van der Waals surface area contributed by atoms with Crippen LogP contribution in [0.15, 0.2) is 0 Å². The maximum absolute atomic E-state index is 12.7. The molecule has 11 heteroatoms. The average Bonchev–Trinajstić information content (AvgIpc) is 2.37. The Labute approximate surface area is 150 Å². The van der Waals surface area contributed by atoms with Crippen molar-refractivity contribution in [1.29, 1.82) is 0 Å². The minimum atomic E-state index is -5.63. The monoisotopic (exact) mass is 445 g/mol. The van der Waals surface area contributed by atoms with Gasteiger partial charge in [0, 0.05) is 11.9 Å². The molecular weight excluding hydrogens is 424 g/mol. The number of ether oxygens (including phenoxy) is 2. The number of hydrogen-bond acceptors (Lipinski definition) is 3. The zero-order chi connectivity index (χ0) is 20.3. The number of nitrogens with zero attached hydrogens (tertiary/aromatic N) is 1. The van der Waals surface area contributed by atoms with E-state index in [-0.39, 0.29) is 11.9 Å². The van der Waals surface area contributed by atoms with Crippen LogP contribution in [0.3, 0.4) is 0 Å². The van der Waals surface area contributed by atoms with Gasteiger partial charge in [-0.05, 0) is 34.6 Å². The molecule has 0 aliphatic rings. The van der Waals surface area contributed by atoms with E-state index in [1.165, 1.54) is 6.92 Å². The number of amides is 1. The third kappa shape index (κ3) is 8.48. The summed E-state index contributed by atoms with van der Waals surface area (Å²) in [5, 5.41) is -0.359. The van der Waals surface area contributed by atoms with Crippen LogP contribution in [0.1, 0.15) is 34.6 Å². The number of rotatable bonds is 6. The third-order valence-electron chi connectivity index (χ3n) is 2.84. The molecule has 4 nitrogen and oxygen atoms in total. The number of halogens is 7. The summed E-state index contributed by atoms with van der Waals surface area (Å²) in [5.74, 6) is 0. The van der Waals surface area contributed by atoms with E-state index in [4.69, 9.17) is 4.74 Å². The van der Waals surface area contributed by atoms with Crippen molar-refractivity contribution in [2.45, 2.75) is 64.3 Å². The molecule has 0 aromatic heterocycles. The maximum atomic E-state index is 12.7. The molecule has 0 aliphatic heterocycles. The van der Waals surface area contributed by atoms with Crippen LogP contribution in [0.4, 0.5) is 31.1 Å². The highest BCUT2D eigenvalue weighted by atomic mass is 79.9. The van der Waals surface area contributed by atoms with Crippen LogP contribution in [0.2, 0.25) is 0 Å². The molecule has 150 valence electrons. The first-order valence-corrected chi connectivity index (χ1v) is 8.42. The first-order valence-electron chi connectivity index (χ1n) is 7.30. The summed E-state index contributed by atoms with van der Waals surface area (Å²) in [4.78, 5) is 13.0. The van der Waals surface area contributed by atoms with Crippen LogP contribution < -0.4 is 0 Å². The fraction of sp³-hybridized carbons (Fsp3) is 0.929. The van der Waals surface area contributed by atoms with Crippen molar-refractivity contribution in [2.75, 3.05) is 18.4 Å². The Balaban J connectivity index is 5.40. The average molecular weight is 446 g/mol. The number of carbonyl (C=O) groups is 1. The second-order valence-corrected chi connectivity index (χ2v) is 7.22. The van der Waals surface area contributed by atoms with Crippen molar-refractivity contribution in [3.05, 3.63) is 0 Å². The molecule has 25 heavy (non-hydrogen) atoms. The zero-order valence-electron chi connectivity index (χ0n) is 14.5. The van der Waals surface area contributed by atoms with Gasteiger partial charge in [-0.25, -0.2) is 4.79 Å². The van der Waals surface area contributed by atoms with Gasteiger partial charge in [-0.2, -0.15) is 26.3 Å². The summed E-state index contributed by atoms with van der Waals surface area (Å²) in [7, 11) is 0. The summed E-state index contributed by atoms with van der Waals surface area (Å²) < 4.78 is 85.8. The van der Waals surface area contributed by atoms with Gasteiger partial charge in [0.2, 0.25) is 6.10 Å². The van der Waals surface area contributed by atoms with E-state index in [9.17, 15) is 31.1 Å². The summed E-state index contributed by atoms with van der Waals surface area (Å²) in [6.45, 7) is 6.82. The normalized spacial score (nSPS) is 15.9. The second kappa shape index (κ2) is 8.32. The molecule has 0 saturated heterocycles. The largest absolute Gasteiger partial charge is 0.444 e. The van der Waals surface area contributed by atoms with Crippen molar-refractivity contribution in [3.63, 3.8) is 0 Å². The van der Waals surface area contributed by atoms with E-state index in [0.29, 0.717) is 0 Å². The van der Waals surface area contributed by atoms with Gasteiger partial charge in [0.15, 0.2) is 0 Å². The van der Waals surface area contributed by atoms with Gasteiger partial charge < -0.3 is 14.4 Å². The quantitative estimate of drug-likeness (QED) is 0.430. The molecule has 0 rings (SSSR count). The molecule has 1 amide bonds. The number of likely N-dealkylation sites (N-methyl/N-ethyl adjacent to an activating group) is 1. The van der Waals surface area contributed by atoms with Gasteiger partial charge in [-0.3, -0.25) is 0 Å². The minimum absolute atomic E-state index is 0.0174. The van der Waals surface area contributed by atoms with E-state index < -0.39 is 42.3 Å². The molecule has 0 fully saturated rings. The smallest absolute Gasteiger partial charge is 0.423 e. The lowest BCUT2D eigenvalue weighted by molar-refractivity contribution is -0.341. The van der Waals surface area contributed by atoms with Crippen LogP contribution in [-0.2, 0) is 9.47 Å². The van der Waals surface area contributed by atoms with Crippen molar-refractivity contribution in [2.24, 2.45) is 0 Å². The number of carbonyl (C=O) groups excluding carboxylic acids is 1. The first kappa shape index (κ1) is 24.3. The maximum Gasteiger partial charge on any atom is 0.423 e. The highest BCUT2D eigenvalue weighted by Gasteiger charge is 2.60. The molecule has 0 radical (unpaired) electrons. The van der Waals surface area contributed by atoms with E-state index in [0.717, 1.165) is 11.8 Å². The lowest BCUT2D eigenvalue weighted by Gasteiger charge is -2.38. The predicted molar refractivity (Wildman–Crippen MR) is 82.7 cm³/mol. The topological polar surface area (TPSA) is 38.8 Å². The lowest BCUT2D eigenvalue weighted by atomic mass is 10.1. The Morgan fingerprint density at radius 2 is 1.48 bits per heavy atom. The summed E-state index contributed by atoms with van der Waals surface area (Å²) in [6, 6.07) is 0. The van der Waals surface area contributed by atoms with Crippen molar-refractivity contribution < 1.29 is 40.6 Å². The first-order chi connectivity index (χ1) is 10.9. The van der Waals surface area contributed by atoms with Gasteiger partial charge in [0.25, 0.3) is 0 Å². The van der Waals surface area contributed by atoms with Crippen molar-refractivity contribution in [3.8, 4) is 0 Å². The van der Waals surface area contributed by atoms with E-state index in [1.54, 1.807) is 20.8 Å². The predicted octanol–water partition coefficient (Wildman–Crippen LogP) is 4.91. The van der Waals surface area contributed by atoms with Gasteiger partial charge in [-0.15, -0.1) is 0 Å². The Morgan fingerprint density at radius 1 is 1.04 bits per heavy atom. The van der Waals surface area contributed by atoms with E-state index in [1.807, 2.05) is 0 Å². The van der Waals surface area contributed by atoms with Gasteiger partial charge >= 0.3 is 18.4 Å². The summed E-state index contributed by atoms with van der Waals surface area (Å²) >= 11 is 2.86. The van der Waals surface area contributed by atoms with Crippen LogP contribution in [0, 0.1) is 0 Å². The standard InChI is InChI=1S/C14H22BrF6NO3/c1-6-22(10(23)25-11(2,3)4)8-12(5,7-15)24-9(13(16,17)18)14(19,20)21/h9H,6-8H2,1-5H3. The van der Waals surface area contributed by atoms with E-state index in [2.05, 4.69) is 20.7 Å². The SMILES string of the molecule is CCN(CC(C)(CBr)OC(C(F)(F)F)C(F)(F)F)C(=O)OC(C)(C)C. The van der Waals surface area contributed by atoms with E-state index >= 15 is 0 Å². The van der Waals surface area contributed by atoms with Crippen LogP contribution in [0.5, 0.6) is 0 Å². The summed E-state index contributed by atoms with van der Waals surface area (Å²) in [5.41, 5.74) is -2.81. The molecule has 0 bridgehead atoms. The van der Waals surface area contributed by atoms with Gasteiger partial charge in [0.05, 0.1) is 12.1 Å². The highest BCUT2D eigenvalue weighted by molar-refractivity contribution is 9.09. The van der Waals surface area contributed by atoms with Crippen LogP contribution in [0.25, 0.3) is 0 Å². The molecule has 0 heterocycles. The fourth-order valence-electron chi connectivity index (χ4n) is 1.75. The molecule has 0 aromatic rings. The molecule has 0 spiro atoms. The molecule has 1 atom stereocenters.